The van der Waals surface area contributed by atoms with Crippen LogP contribution in [0.5, 0.6) is 0 Å². The van der Waals surface area contributed by atoms with Gasteiger partial charge < -0.3 is 10.8 Å². The van der Waals surface area contributed by atoms with Crippen LogP contribution in [-0.4, -0.2) is 17.5 Å². The average molecular weight is 257 g/mol. The van der Waals surface area contributed by atoms with E-state index in [-0.39, 0.29) is 24.4 Å². The Bertz CT molecular complexity index is 382. The molecule has 1 rings (SSSR count). The molecule has 0 spiro atoms. The fourth-order valence-electron chi connectivity index (χ4n) is 1.44. The van der Waals surface area contributed by atoms with Gasteiger partial charge in [-0.2, -0.15) is 0 Å². The second-order valence-corrected chi connectivity index (χ2v) is 5.59. The predicted octanol–water partition coefficient (Wildman–Crippen LogP) is 2.87. The predicted molar refractivity (Wildman–Crippen MR) is 70.7 cm³/mol. The molecule has 2 atom stereocenters. The van der Waals surface area contributed by atoms with Crippen LogP contribution in [0.15, 0.2) is 17.0 Å². The minimum Gasteiger partial charge on any atom is -0.396 e. The summed E-state index contributed by atoms with van der Waals surface area (Å²) in [4.78, 5) is 1.01. The van der Waals surface area contributed by atoms with Gasteiger partial charge in [-0.25, -0.2) is 4.39 Å². The maximum absolute atomic E-state index is 13.5. The summed E-state index contributed by atoms with van der Waals surface area (Å²) in [5, 5.41) is 8.99. The number of rotatable bonds is 5. The normalized spacial score (nSPS) is 14.7. The molecular weight excluding hydrogens is 237 g/mol. The Morgan fingerprint density at radius 1 is 1.41 bits per heavy atom. The van der Waals surface area contributed by atoms with Crippen molar-refractivity contribution in [3.63, 3.8) is 0 Å². The van der Waals surface area contributed by atoms with E-state index in [1.54, 1.807) is 18.7 Å². The highest BCUT2D eigenvalue weighted by atomic mass is 32.2. The number of hydrogen-bond acceptors (Lipinski definition) is 3. The largest absolute Gasteiger partial charge is 0.396 e. The second kappa shape index (κ2) is 6.38. The van der Waals surface area contributed by atoms with E-state index in [1.807, 2.05) is 19.9 Å². The van der Waals surface area contributed by atoms with Crippen molar-refractivity contribution in [1.29, 1.82) is 0 Å². The zero-order valence-corrected chi connectivity index (χ0v) is 11.4. The van der Waals surface area contributed by atoms with Gasteiger partial charge in [-0.3, -0.25) is 0 Å². The van der Waals surface area contributed by atoms with Gasteiger partial charge in [0, 0.05) is 23.3 Å². The first kappa shape index (κ1) is 14.5. The molecular formula is C13H20FNOS. The summed E-state index contributed by atoms with van der Waals surface area (Å²) < 4.78 is 13.5. The molecule has 0 saturated heterocycles. The van der Waals surface area contributed by atoms with E-state index in [0.29, 0.717) is 5.56 Å². The molecule has 1 aromatic rings. The molecule has 0 fully saturated rings. The summed E-state index contributed by atoms with van der Waals surface area (Å²) in [6, 6.07) is 3.17. The van der Waals surface area contributed by atoms with Crippen LogP contribution < -0.4 is 5.73 Å². The monoisotopic (exact) mass is 257 g/mol. The van der Waals surface area contributed by atoms with Gasteiger partial charge in [0.05, 0.1) is 0 Å². The van der Waals surface area contributed by atoms with Gasteiger partial charge in [0.25, 0.3) is 0 Å². The average Bonchev–Trinajstić information content (AvgIpc) is 2.29. The van der Waals surface area contributed by atoms with Crippen molar-refractivity contribution in [2.75, 3.05) is 12.4 Å². The summed E-state index contributed by atoms with van der Waals surface area (Å²) in [5.74, 6) is 0.824. The van der Waals surface area contributed by atoms with Crippen LogP contribution in [0.1, 0.15) is 31.0 Å². The quantitative estimate of drug-likeness (QED) is 0.797. The van der Waals surface area contributed by atoms with Crippen molar-refractivity contribution in [2.45, 2.75) is 31.7 Å². The van der Waals surface area contributed by atoms with Crippen LogP contribution in [0.2, 0.25) is 0 Å². The number of aliphatic hydroxyl groups excluding tert-OH is 1. The van der Waals surface area contributed by atoms with E-state index in [1.165, 1.54) is 6.07 Å². The highest BCUT2D eigenvalue weighted by Crippen LogP contribution is 2.30. The number of aliphatic hydroxyl groups is 1. The number of thioether (sulfide) groups is 1. The Kier molecular flexibility index (Phi) is 5.43. The second-order valence-electron chi connectivity index (χ2n) is 4.53. The summed E-state index contributed by atoms with van der Waals surface area (Å²) in [6.45, 7) is 5.75. The van der Waals surface area contributed by atoms with E-state index >= 15 is 0 Å². The lowest BCUT2D eigenvalue weighted by atomic mass is 10.1. The van der Waals surface area contributed by atoms with Gasteiger partial charge in [-0.1, -0.05) is 6.92 Å². The van der Waals surface area contributed by atoms with Crippen molar-refractivity contribution in [3.8, 4) is 0 Å². The minimum atomic E-state index is -0.211. The molecule has 0 aliphatic heterocycles. The van der Waals surface area contributed by atoms with Crippen LogP contribution in [0.4, 0.5) is 4.39 Å². The molecule has 0 aliphatic carbocycles. The molecule has 0 radical (unpaired) electrons. The third kappa shape index (κ3) is 3.98. The first-order valence-corrected chi connectivity index (χ1v) is 6.73. The number of benzene rings is 1. The summed E-state index contributed by atoms with van der Waals surface area (Å²) in [5.41, 5.74) is 7.31. The van der Waals surface area contributed by atoms with Crippen molar-refractivity contribution in [3.05, 3.63) is 29.1 Å². The SMILES string of the molecule is Cc1cc(SCC(C)CO)c([C@@H](C)N)cc1F. The third-order valence-corrected chi connectivity index (χ3v) is 4.02. The van der Waals surface area contributed by atoms with Gasteiger partial charge in [-0.05, 0) is 43.0 Å². The molecule has 1 aromatic carbocycles. The van der Waals surface area contributed by atoms with Crippen LogP contribution in [0.25, 0.3) is 0 Å². The summed E-state index contributed by atoms with van der Waals surface area (Å²) >= 11 is 1.62. The fraction of sp³-hybridized carbons (Fsp3) is 0.538. The van der Waals surface area contributed by atoms with Crippen molar-refractivity contribution < 1.29 is 9.50 Å². The molecule has 0 heterocycles. The Hall–Kier alpha value is -0.580. The van der Waals surface area contributed by atoms with Crippen molar-refractivity contribution in [1.82, 2.24) is 0 Å². The zero-order valence-electron chi connectivity index (χ0n) is 10.5. The zero-order chi connectivity index (χ0) is 13.0. The smallest absolute Gasteiger partial charge is 0.126 e. The van der Waals surface area contributed by atoms with Crippen LogP contribution in [0, 0.1) is 18.7 Å². The lowest BCUT2D eigenvalue weighted by molar-refractivity contribution is 0.250. The highest BCUT2D eigenvalue weighted by molar-refractivity contribution is 7.99. The summed E-state index contributed by atoms with van der Waals surface area (Å²) in [7, 11) is 0. The molecule has 0 amide bonds. The van der Waals surface area contributed by atoms with Crippen LogP contribution in [0.3, 0.4) is 0 Å². The van der Waals surface area contributed by atoms with E-state index in [2.05, 4.69) is 0 Å². The molecule has 0 saturated carbocycles. The Balaban J connectivity index is 2.92. The van der Waals surface area contributed by atoms with Crippen LogP contribution >= 0.6 is 11.8 Å². The molecule has 0 bridgehead atoms. The fourth-order valence-corrected chi connectivity index (χ4v) is 2.68. The number of hydrogen-bond donors (Lipinski definition) is 2. The molecule has 1 unspecified atom stereocenters. The maximum atomic E-state index is 13.5. The maximum Gasteiger partial charge on any atom is 0.126 e. The van der Waals surface area contributed by atoms with E-state index < -0.39 is 0 Å². The third-order valence-electron chi connectivity index (χ3n) is 2.62. The van der Waals surface area contributed by atoms with E-state index in [4.69, 9.17) is 10.8 Å². The number of aryl methyl sites for hydroxylation is 1. The Morgan fingerprint density at radius 2 is 2.06 bits per heavy atom. The van der Waals surface area contributed by atoms with E-state index in [0.717, 1.165) is 16.2 Å². The topological polar surface area (TPSA) is 46.2 Å². The Labute approximate surface area is 106 Å². The molecule has 0 aromatic heterocycles. The van der Waals surface area contributed by atoms with Gasteiger partial charge in [0.1, 0.15) is 5.82 Å². The van der Waals surface area contributed by atoms with Gasteiger partial charge in [-0.15, -0.1) is 11.8 Å². The molecule has 3 N–H and O–H groups in total. The van der Waals surface area contributed by atoms with Crippen LogP contribution in [-0.2, 0) is 0 Å². The first-order valence-electron chi connectivity index (χ1n) is 5.75. The standard InChI is InChI=1S/C13H20FNOS/c1-8(6-16)7-17-13-4-9(2)12(14)5-11(13)10(3)15/h4-5,8,10,16H,6-7,15H2,1-3H3/t8?,10-/m1/s1. The summed E-state index contributed by atoms with van der Waals surface area (Å²) in [6.07, 6.45) is 0. The minimum absolute atomic E-state index is 0.167. The molecule has 0 aliphatic rings. The van der Waals surface area contributed by atoms with Crippen molar-refractivity contribution >= 4 is 11.8 Å². The van der Waals surface area contributed by atoms with Gasteiger partial charge in [0.15, 0.2) is 0 Å². The van der Waals surface area contributed by atoms with Crippen molar-refractivity contribution in [2.24, 2.45) is 11.7 Å². The van der Waals surface area contributed by atoms with Gasteiger partial charge >= 0.3 is 0 Å². The van der Waals surface area contributed by atoms with Gasteiger partial charge in [0.2, 0.25) is 0 Å². The Morgan fingerprint density at radius 3 is 2.59 bits per heavy atom. The lowest BCUT2D eigenvalue weighted by Crippen LogP contribution is -2.09. The molecule has 96 valence electrons. The number of nitrogens with two attached hydrogens (primary N) is 1. The first-order chi connectivity index (χ1) is 7.95. The number of halogens is 1. The molecule has 2 nitrogen and oxygen atoms in total. The lowest BCUT2D eigenvalue weighted by Gasteiger charge is -2.15. The highest BCUT2D eigenvalue weighted by Gasteiger charge is 2.12. The molecule has 4 heteroatoms. The van der Waals surface area contributed by atoms with E-state index in [9.17, 15) is 4.39 Å². The molecule has 17 heavy (non-hydrogen) atoms.